The van der Waals surface area contributed by atoms with Gasteiger partial charge in [-0.15, -0.1) is 11.3 Å². The van der Waals surface area contributed by atoms with Crippen molar-refractivity contribution < 1.29 is 9.53 Å². The summed E-state index contributed by atoms with van der Waals surface area (Å²) in [6.45, 7) is 4.75. The summed E-state index contributed by atoms with van der Waals surface area (Å²) in [5.74, 6) is 0.946. The Bertz CT molecular complexity index is 914. The lowest BCUT2D eigenvalue weighted by atomic mass is 10.1. The normalized spacial score (nSPS) is 16.4. The lowest BCUT2D eigenvalue weighted by molar-refractivity contribution is 0.0502. The highest BCUT2D eigenvalue weighted by Gasteiger charge is 2.25. The molecule has 4 rings (SSSR count). The summed E-state index contributed by atoms with van der Waals surface area (Å²) in [5, 5.41) is 1.94. The van der Waals surface area contributed by atoms with Crippen LogP contribution in [0.15, 0.2) is 54.2 Å². The summed E-state index contributed by atoms with van der Waals surface area (Å²) in [5.41, 5.74) is 2.52. The average molecular weight is 396 g/mol. The van der Waals surface area contributed by atoms with E-state index >= 15 is 0 Å². The zero-order chi connectivity index (χ0) is 19.3. The number of aryl methyl sites for hydroxylation is 1. The van der Waals surface area contributed by atoms with Crippen molar-refractivity contribution in [2.75, 3.05) is 13.2 Å². The molecule has 28 heavy (non-hydrogen) atoms. The monoisotopic (exact) mass is 395 g/mol. The fourth-order valence-electron chi connectivity index (χ4n) is 3.59. The van der Waals surface area contributed by atoms with Crippen LogP contribution in [0.4, 0.5) is 0 Å². The van der Waals surface area contributed by atoms with E-state index in [1.165, 1.54) is 22.5 Å². The van der Waals surface area contributed by atoms with Gasteiger partial charge in [0.2, 0.25) is 0 Å². The molecule has 146 valence electrons. The molecule has 1 aromatic carbocycles. The first-order chi connectivity index (χ1) is 13.7. The number of carbonyl (C=O) groups excluding carboxylic acids is 1. The van der Waals surface area contributed by atoms with Gasteiger partial charge in [0.1, 0.15) is 5.82 Å². The Morgan fingerprint density at radius 2 is 2.21 bits per heavy atom. The molecule has 1 amide bonds. The summed E-state index contributed by atoms with van der Waals surface area (Å²) >= 11 is 1.48. The molecule has 3 aromatic rings. The lowest BCUT2D eigenvalue weighted by Gasteiger charge is -2.25. The zero-order valence-electron chi connectivity index (χ0n) is 16.1. The first-order valence-electron chi connectivity index (χ1n) is 9.69. The molecule has 1 atom stereocenters. The van der Waals surface area contributed by atoms with Gasteiger partial charge in [-0.1, -0.05) is 30.3 Å². The fourth-order valence-corrected chi connectivity index (χ4v) is 4.28. The molecule has 0 bridgehead atoms. The second kappa shape index (κ2) is 8.71. The van der Waals surface area contributed by atoms with Gasteiger partial charge >= 0.3 is 0 Å². The van der Waals surface area contributed by atoms with E-state index in [4.69, 9.17) is 4.74 Å². The number of hydrogen-bond acceptors (Lipinski definition) is 4. The predicted molar refractivity (Wildman–Crippen MR) is 111 cm³/mol. The van der Waals surface area contributed by atoms with Gasteiger partial charge in [-0.2, -0.15) is 0 Å². The van der Waals surface area contributed by atoms with Crippen LogP contribution in [0.25, 0.3) is 0 Å². The average Bonchev–Trinajstić information content (AvgIpc) is 3.46. The highest BCUT2D eigenvalue weighted by atomic mass is 32.1. The van der Waals surface area contributed by atoms with E-state index in [1.807, 2.05) is 34.8 Å². The van der Waals surface area contributed by atoms with Gasteiger partial charge in [-0.3, -0.25) is 4.79 Å². The zero-order valence-corrected chi connectivity index (χ0v) is 16.9. The second-order valence-corrected chi connectivity index (χ2v) is 8.14. The molecule has 6 heteroatoms. The van der Waals surface area contributed by atoms with E-state index in [9.17, 15) is 4.79 Å². The van der Waals surface area contributed by atoms with E-state index in [2.05, 4.69) is 40.7 Å². The molecule has 0 N–H and O–H groups in total. The largest absolute Gasteiger partial charge is 0.376 e. The molecular formula is C22H25N3O2S. The third-order valence-electron chi connectivity index (χ3n) is 5.20. The van der Waals surface area contributed by atoms with E-state index in [0.717, 1.165) is 36.7 Å². The molecule has 3 heterocycles. The summed E-state index contributed by atoms with van der Waals surface area (Å²) in [6.07, 6.45) is 5.98. The maximum absolute atomic E-state index is 13.1. The van der Waals surface area contributed by atoms with Gasteiger partial charge in [0.05, 0.1) is 17.5 Å². The standard InChI is InChI=1S/C22H25N3O2S/c1-17-6-2-3-7-18(17)14-24-11-10-23-21(24)16-25(15-19-8-4-12-27-19)22(26)20-9-5-13-28-20/h2-3,5-7,9-11,13,19H,4,8,12,14-16H2,1H3/t19-/m1/s1. The summed E-state index contributed by atoms with van der Waals surface area (Å²) in [6, 6.07) is 12.2. The van der Waals surface area contributed by atoms with Crippen LogP contribution in [0.5, 0.6) is 0 Å². The highest BCUT2D eigenvalue weighted by molar-refractivity contribution is 7.12. The minimum absolute atomic E-state index is 0.0518. The van der Waals surface area contributed by atoms with Gasteiger partial charge in [0.25, 0.3) is 5.91 Å². The first-order valence-corrected chi connectivity index (χ1v) is 10.6. The van der Waals surface area contributed by atoms with E-state index in [0.29, 0.717) is 13.1 Å². The van der Waals surface area contributed by atoms with Crippen LogP contribution in [0, 0.1) is 6.92 Å². The predicted octanol–water partition coefficient (Wildman–Crippen LogP) is 4.12. The summed E-state index contributed by atoms with van der Waals surface area (Å²) in [7, 11) is 0. The summed E-state index contributed by atoms with van der Waals surface area (Å²) < 4.78 is 7.93. The topological polar surface area (TPSA) is 47.4 Å². The van der Waals surface area contributed by atoms with Gasteiger partial charge in [0.15, 0.2) is 0 Å². The van der Waals surface area contributed by atoms with Gasteiger partial charge in [-0.05, 0) is 42.3 Å². The quantitative estimate of drug-likeness (QED) is 0.604. The van der Waals surface area contributed by atoms with Crippen molar-refractivity contribution in [1.82, 2.24) is 14.5 Å². The van der Waals surface area contributed by atoms with Crippen LogP contribution in [-0.4, -0.2) is 39.6 Å². The molecule has 1 saturated heterocycles. The molecule has 1 fully saturated rings. The van der Waals surface area contributed by atoms with Crippen LogP contribution in [-0.2, 0) is 17.8 Å². The van der Waals surface area contributed by atoms with Crippen molar-refractivity contribution >= 4 is 17.2 Å². The molecular weight excluding hydrogens is 370 g/mol. The Morgan fingerprint density at radius 1 is 1.32 bits per heavy atom. The van der Waals surface area contributed by atoms with Gasteiger partial charge in [-0.25, -0.2) is 4.98 Å². The molecule has 5 nitrogen and oxygen atoms in total. The van der Waals surface area contributed by atoms with Crippen molar-refractivity contribution in [2.24, 2.45) is 0 Å². The van der Waals surface area contributed by atoms with Crippen molar-refractivity contribution in [3.8, 4) is 0 Å². The smallest absolute Gasteiger partial charge is 0.264 e. The molecule has 0 radical (unpaired) electrons. The van der Waals surface area contributed by atoms with Crippen molar-refractivity contribution in [3.63, 3.8) is 0 Å². The number of nitrogens with zero attached hydrogens (tertiary/aromatic N) is 3. The van der Waals surface area contributed by atoms with Crippen molar-refractivity contribution in [2.45, 2.75) is 39.0 Å². The van der Waals surface area contributed by atoms with E-state index in [1.54, 1.807) is 0 Å². The number of thiophene rings is 1. The van der Waals surface area contributed by atoms with Crippen molar-refractivity contribution in [1.29, 1.82) is 0 Å². The number of rotatable bonds is 7. The third-order valence-corrected chi connectivity index (χ3v) is 6.06. The Labute approximate surface area is 169 Å². The molecule has 0 spiro atoms. The maximum atomic E-state index is 13.1. The Hall–Kier alpha value is -2.44. The Balaban J connectivity index is 1.54. The van der Waals surface area contributed by atoms with Gasteiger partial charge in [0, 0.05) is 32.1 Å². The van der Waals surface area contributed by atoms with Gasteiger partial charge < -0.3 is 14.2 Å². The van der Waals surface area contributed by atoms with Crippen LogP contribution in [0.2, 0.25) is 0 Å². The number of aromatic nitrogens is 2. The van der Waals surface area contributed by atoms with Crippen LogP contribution < -0.4 is 0 Å². The first kappa shape index (κ1) is 18.9. The molecule has 0 aliphatic carbocycles. The number of imidazole rings is 1. The van der Waals surface area contributed by atoms with Crippen molar-refractivity contribution in [3.05, 3.63) is 76.0 Å². The number of ether oxygens (including phenoxy) is 1. The molecule has 1 aliphatic rings. The SMILES string of the molecule is Cc1ccccc1Cn1ccnc1CN(C[C@H]1CCCO1)C(=O)c1cccs1. The number of carbonyl (C=O) groups is 1. The molecule has 0 saturated carbocycles. The van der Waals surface area contributed by atoms with E-state index < -0.39 is 0 Å². The second-order valence-electron chi connectivity index (χ2n) is 7.20. The fraction of sp³-hybridized carbons (Fsp3) is 0.364. The Morgan fingerprint density at radius 3 is 2.96 bits per heavy atom. The minimum atomic E-state index is 0.0518. The molecule has 2 aromatic heterocycles. The third kappa shape index (κ3) is 4.34. The van der Waals surface area contributed by atoms with Crippen LogP contribution >= 0.6 is 11.3 Å². The van der Waals surface area contributed by atoms with Crippen LogP contribution in [0.3, 0.4) is 0 Å². The van der Waals surface area contributed by atoms with E-state index in [-0.39, 0.29) is 12.0 Å². The number of amides is 1. The minimum Gasteiger partial charge on any atom is -0.376 e. The number of benzene rings is 1. The number of hydrogen-bond donors (Lipinski definition) is 0. The Kier molecular flexibility index (Phi) is 5.88. The molecule has 1 aliphatic heterocycles. The molecule has 0 unspecified atom stereocenters. The lowest BCUT2D eigenvalue weighted by Crippen LogP contribution is -2.37. The summed E-state index contributed by atoms with van der Waals surface area (Å²) in [4.78, 5) is 20.3. The maximum Gasteiger partial charge on any atom is 0.264 e. The van der Waals surface area contributed by atoms with Crippen LogP contribution in [0.1, 0.15) is 39.5 Å². The highest BCUT2D eigenvalue weighted by Crippen LogP contribution is 2.19.